The predicted molar refractivity (Wildman–Crippen MR) is 75.0 cm³/mol. The van der Waals surface area contributed by atoms with Gasteiger partial charge in [0.2, 0.25) is 0 Å². The third-order valence-electron chi connectivity index (χ3n) is 3.80. The minimum absolute atomic E-state index is 0. The number of likely N-dealkylation sites (tertiary alicyclic amines) is 1. The molecule has 2 saturated heterocycles. The first kappa shape index (κ1) is 16.5. The van der Waals surface area contributed by atoms with E-state index in [1.54, 1.807) is 0 Å². The number of hydrogen-bond donors (Lipinski definition) is 1. The van der Waals surface area contributed by atoms with Crippen molar-refractivity contribution in [3.8, 4) is 0 Å². The van der Waals surface area contributed by atoms with Crippen LogP contribution in [0.3, 0.4) is 0 Å². The zero-order valence-electron chi connectivity index (χ0n) is 10.4. The maximum Gasteiger partial charge on any atom is 0.0122 e. The summed E-state index contributed by atoms with van der Waals surface area (Å²) < 4.78 is 0. The minimum atomic E-state index is 0. The number of nitrogens with zero attached hydrogens (tertiary/aromatic N) is 1. The molecule has 4 heteroatoms. The Morgan fingerprint density at radius 3 is 2.50 bits per heavy atom. The summed E-state index contributed by atoms with van der Waals surface area (Å²) in [5, 5.41) is 3.54. The highest BCUT2D eigenvalue weighted by molar-refractivity contribution is 5.85. The van der Waals surface area contributed by atoms with Crippen LogP contribution < -0.4 is 5.32 Å². The predicted octanol–water partition coefficient (Wildman–Crippen LogP) is 2.70. The van der Waals surface area contributed by atoms with Crippen LogP contribution in [0.5, 0.6) is 0 Å². The van der Waals surface area contributed by atoms with E-state index >= 15 is 0 Å². The first-order valence-corrected chi connectivity index (χ1v) is 6.23. The fourth-order valence-electron chi connectivity index (χ4n) is 2.99. The van der Waals surface area contributed by atoms with Crippen molar-refractivity contribution in [2.75, 3.05) is 19.6 Å². The third-order valence-corrected chi connectivity index (χ3v) is 3.80. The van der Waals surface area contributed by atoms with E-state index in [-0.39, 0.29) is 24.8 Å². The van der Waals surface area contributed by atoms with Crippen molar-refractivity contribution in [1.29, 1.82) is 0 Å². The average Bonchev–Trinajstić information content (AvgIpc) is 2.18. The van der Waals surface area contributed by atoms with E-state index in [2.05, 4.69) is 24.1 Å². The highest BCUT2D eigenvalue weighted by Gasteiger charge is 2.27. The normalized spacial score (nSPS) is 36.0. The Morgan fingerprint density at radius 2 is 1.88 bits per heavy atom. The van der Waals surface area contributed by atoms with Crippen LogP contribution in [0, 0.1) is 5.92 Å². The van der Waals surface area contributed by atoms with E-state index in [4.69, 9.17) is 0 Å². The maximum absolute atomic E-state index is 3.54. The Labute approximate surface area is 112 Å². The molecule has 2 heterocycles. The van der Waals surface area contributed by atoms with E-state index in [9.17, 15) is 0 Å². The van der Waals surface area contributed by atoms with Gasteiger partial charge >= 0.3 is 0 Å². The topological polar surface area (TPSA) is 15.3 Å². The molecule has 0 aromatic rings. The summed E-state index contributed by atoms with van der Waals surface area (Å²) in [5.74, 6) is 0.925. The molecule has 16 heavy (non-hydrogen) atoms. The molecule has 0 radical (unpaired) electrons. The van der Waals surface area contributed by atoms with Crippen molar-refractivity contribution in [3.63, 3.8) is 0 Å². The van der Waals surface area contributed by atoms with E-state index in [0.29, 0.717) is 0 Å². The Hall–Kier alpha value is 0.500. The molecule has 2 unspecified atom stereocenters. The summed E-state index contributed by atoms with van der Waals surface area (Å²) in [6.45, 7) is 8.63. The van der Waals surface area contributed by atoms with Crippen molar-refractivity contribution in [2.45, 2.75) is 51.6 Å². The van der Waals surface area contributed by atoms with Gasteiger partial charge in [-0.1, -0.05) is 6.92 Å². The highest BCUT2D eigenvalue weighted by Crippen LogP contribution is 2.22. The monoisotopic (exact) mass is 268 g/mol. The van der Waals surface area contributed by atoms with Gasteiger partial charge < -0.3 is 10.2 Å². The lowest BCUT2D eigenvalue weighted by molar-refractivity contribution is 0.0985. The molecular weight excluding hydrogens is 243 g/mol. The van der Waals surface area contributed by atoms with Gasteiger partial charge in [0.15, 0.2) is 0 Å². The molecule has 2 aliphatic rings. The molecule has 2 rings (SSSR count). The molecule has 1 N–H and O–H groups in total. The van der Waals surface area contributed by atoms with Crippen LogP contribution in [-0.2, 0) is 0 Å². The summed E-state index contributed by atoms with van der Waals surface area (Å²) in [6, 6.07) is 1.60. The van der Waals surface area contributed by atoms with Gasteiger partial charge in [0, 0.05) is 18.6 Å². The van der Waals surface area contributed by atoms with Gasteiger partial charge in [-0.2, -0.15) is 0 Å². The standard InChI is InChI=1S/C12H24N2.2ClH/c1-10-4-3-7-14(9-10)12-5-6-13-11(2)8-12;;/h10-13H,3-9H2,1-2H3;2*1H/t10-,11?,12?;;/m1../s1. The Balaban J connectivity index is 0.00000112. The van der Waals surface area contributed by atoms with Crippen LogP contribution in [0.15, 0.2) is 0 Å². The van der Waals surface area contributed by atoms with Gasteiger partial charge in [0.25, 0.3) is 0 Å². The number of hydrogen-bond acceptors (Lipinski definition) is 2. The molecular formula is C12H26Cl2N2. The van der Waals surface area contributed by atoms with Crippen molar-refractivity contribution >= 4 is 24.8 Å². The summed E-state index contributed by atoms with van der Waals surface area (Å²) in [5.41, 5.74) is 0. The number of piperidine rings is 2. The molecule has 0 bridgehead atoms. The Morgan fingerprint density at radius 1 is 1.12 bits per heavy atom. The number of halogens is 2. The van der Waals surface area contributed by atoms with Gasteiger partial charge in [0.05, 0.1) is 0 Å². The molecule has 0 aromatic carbocycles. The quantitative estimate of drug-likeness (QED) is 0.787. The summed E-state index contributed by atoms with van der Waals surface area (Å²) in [7, 11) is 0. The molecule has 2 fully saturated rings. The lowest BCUT2D eigenvalue weighted by atomic mass is 9.93. The molecule has 3 atom stereocenters. The van der Waals surface area contributed by atoms with Gasteiger partial charge in [-0.3, -0.25) is 0 Å². The highest BCUT2D eigenvalue weighted by atomic mass is 35.5. The fourth-order valence-corrected chi connectivity index (χ4v) is 2.99. The largest absolute Gasteiger partial charge is 0.314 e. The van der Waals surface area contributed by atoms with E-state index < -0.39 is 0 Å². The molecule has 2 aliphatic heterocycles. The van der Waals surface area contributed by atoms with Crippen molar-refractivity contribution < 1.29 is 0 Å². The summed E-state index contributed by atoms with van der Waals surface area (Å²) >= 11 is 0. The first-order valence-electron chi connectivity index (χ1n) is 6.23. The molecule has 0 saturated carbocycles. The van der Waals surface area contributed by atoms with Crippen molar-refractivity contribution in [2.24, 2.45) is 5.92 Å². The third kappa shape index (κ3) is 4.40. The lowest BCUT2D eigenvalue weighted by Crippen LogP contribution is -2.49. The lowest BCUT2D eigenvalue weighted by Gasteiger charge is -2.41. The Kier molecular flexibility index (Phi) is 8.00. The van der Waals surface area contributed by atoms with Crippen LogP contribution in [0.25, 0.3) is 0 Å². The van der Waals surface area contributed by atoms with E-state index in [0.717, 1.165) is 18.0 Å². The number of nitrogens with one attached hydrogen (secondary N) is 1. The smallest absolute Gasteiger partial charge is 0.0122 e. The zero-order chi connectivity index (χ0) is 9.97. The molecule has 0 spiro atoms. The molecule has 0 aromatic heterocycles. The average molecular weight is 269 g/mol. The molecule has 98 valence electrons. The van der Waals surface area contributed by atoms with E-state index in [1.807, 2.05) is 0 Å². The maximum atomic E-state index is 3.54. The molecule has 2 nitrogen and oxygen atoms in total. The van der Waals surface area contributed by atoms with Crippen LogP contribution in [-0.4, -0.2) is 36.6 Å². The molecule has 0 amide bonds. The second-order valence-electron chi connectivity index (χ2n) is 5.28. The minimum Gasteiger partial charge on any atom is -0.314 e. The SMILES string of the molecule is CC1CC(N2CCC[C@@H](C)C2)CCN1.Cl.Cl. The van der Waals surface area contributed by atoms with E-state index in [1.165, 1.54) is 45.3 Å². The summed E-state index contributed by atoms with van der Waals surface area (Å²) in [6.07, 6.45) is 5.57. The van der Waals surface area contributed by atoms with Crippen molar-refractivity contribution in [1.82, 2.24) is 10.2 Å². The van der Waals surface area contributed by atoms with Gasteiger partial charge in [0.1, 0.15) is 0 Å². The van der Waals surface area contributed by atoms with Gasteiger partial charge in [-0.25, -0.2) is 0 Å². The fraction of sp³-hybridized carbons (Fsp3) is 1.00. The van der Waals surface area contributed by atoms with Gasteiger partial charge in [-0.05, 0) is 51.6 Å². The second-order valence-corrected chi connectivity index (χ2v) is 5.28. The van der Waals surface area contributed by atoms with Crippen LogP contribution in [0.4, 0.5) is 0 Å². The van der Waals surface area contributed by atoms with Crippen LogP contribution >= 0.6 is 24.8 Å². The Bertz CT molecular complexity index is 170. The van der Waals surface area contributed by atoms with Gasteiger partial charge in [-0.15, -0.1) is 24.8 Å². The van der Waals surface area contributed by atoms with Crippen LogP contribution in [0.2, 0.25) is 0 Å². The first-order chi connectivity index (χ1) is 6.75. The van der Waals surface area contributed by atoms with Crippen molar-refractivity contribution in [3.05, 3.63) is 0 Å². The summed E-state index contributed by atoms with van der Waals surface area (Å²) in [4.78, 5) is 2.74. The molecule has 0 aliphatic carbocycles. The second kappa shape index (κ2) is 7.75. The number of rotatable bonds is 1. The zero-order valence-corrected chi connectivity index (χ0v) is 12.1. The van der Waals surface area contributed by atoms with Crippen LogP contribution in [0.1, 0.15) is 39.5 Å².